The zero-order chi connectivity index (χ0) is 12.9. The van der Waals surface area contributed by atoms with Crippen LogP contribution in [0.15, 0.2) is 35.2 Å². The van der Waals surface area contributed by atoms with Crippen LogP contribution in [0.25, 0.3) is 0 Å². The third kappa shape index (κ3) is 6.00. The lowest BCUT2D eigenvalue weighted by Crippen LogP contribution is -2.18. The standard InChI is InChI=1S/C15H22SSi/c1-13(2)15(11-12-17(3,4)5)16-14-9-7-6-8-10-14/h6-10,13,15H,1-5H3. The molecule has 0 fully saturated rings. The van der Waals surface area contributed by atoms with E-state index in [1.165, 1.54) is 4.90 Å². The molecule has 1 rings (SSSR count). The van der Waals surface area contributed by atoms with Crippen LogP contribution in [0, 0.1) is 17.4 Å². The van der Waals surface area contributed by atoms with Gasteiger partial charge in [-0.15, -0.1) is 17.3 Å². The van der Waals surface area contributed by atoms with Crippen LogP contribution >= 0.6 is 11.8 Å². The van der Waals surface area contributed by atoms with Crippen molar-refractivity contribution in [1.29, 1.82) is 0 Å². The lowest BCUT2D eigenvalue weighted by atomic mass is 10.1. The highest BCUT2D eigenvalue weighted by Crippen LogP contribution is 2.27. The third-order valence-electron chi connectivity index (χ3n) is 2.20. The Balaban J connectivity index is 2.77. The Morgan fingerprint density at radius 3 is 2.12 bits per heavy atom. The molecular weight excluding hydrogens is 240 g/mol. The first-order chi connectivity index (χ1) is 7.88. The van der Waals surface area contributed by atoms with Gasteiger partial charge in [0.25, 0.3) is 0 Å². The van der Waals surface area contributed by atoms with E-state index in [4.69, 9.17) is 0 Å². The van der Waals surface area contributed by atoms with Crippen molar-refractivity contribution in [3.05, 3.63) is 30.3 Å². The van der Waals surface area contributed by atoms with E-state index in [1.54, 1.807) is 0 Å². The zero-order valence-electron chi connectivity index (χ0n) is 11.4. The minimum atomic E-state index is -1.26. The molecule has 0 N–H and O–H groups in total. The van der Waals surface area contributed by atoms with Gasteiger partial charge in [-0.25, -0.2) is 0 Å². The first kappa shape index (κ1) is 14.4. The molecule has 0 aliphatic heterocycles. The smallest absolute Gasteiger partial charge is 0.129 e. The van der Waals surface area contributed by atoms with E-state index in [0.717, 1.165) is 0 Å². The van der Waals surface area contributed by atoms with Gasteiger partial charge in [0.15, 0.2) is 0 Å². The highest BCUT2D eigenvalue weighted by Gasteiger charge is 2.14. The second kappa shape index (κ2) is 6.33. The maximum atomic E-state index is 3.49. The van der Waals surface area contributed by atoms with Gasteiger partial charge in [0.2, 0.25) is 0 Å². The number of benzene rings is 1. The van der Waals surface area contributed by atoms with Crippen LogP contribution in [0.5, 0.6) is 0 Å². The summed E-state index contributed by atoms with van der Waals surface area (Å²) in [6, 6.07) is 10.6. The molecule has 0 saturated carbocycles. The van der Waals surface area contributed by atoms with Crippen molar-refractivity contribution in [1.82, 2.24) is 0 Å². The molecule has 1 aromatic rings. The number of rotatable bonds is 3. The maximum Gasteiger partial charge on any atom is 0.129 e. The second-order valence-electron chi connectivity index (χ2n) is 5.61. The van der Waals surface area contributed by atoms with Crippen molar-refractivity contribution in [3.8, 4) is 11.5 Å². The Bertz CT molecular complexity index is 392. The van der Waals surface area contributed by atoms with Crippen LogP contribution in [0.3, 0.4) is 0 Å². The van der Waals surface area contributed by atoms with Crippen LogP contribution in [-0.4, -0.2) is 13.3 Å². The first-order valence-corrected chi connectivity index (χ1v) is 10.5. The van der Waals surface area contributed by atoms with Gasteiger partial charge in [-0.05, 0) is 18.1 Å². The van der Waals surface area contributed by atoms with Crippen molar-refractivity contribution >= 4 is 19.8 Å². The summed E-state index contributed by atoms with van der Waals surface area (Å²) in [7, 11) is -1.26. The highest BCUT2D eigenvalue weighted by molar-refractivity contribution is 8.00. The van der Waals surface area contributed by atoms with Crippen molar-refractivity contribution in [3.63, 3.8) is 0 Å². The minimum Gasteiger partial charge on any atom is -0.131 e. The van der Waals surface area contributed by atoms with E-state index in [1.807, 2.05) is 11.8 Å². The fourth-order valence-electron chi connectivity index (χ4n) is 1.27. The Kier molecular flexibility index (Phi) is 5.36. The van der Waals surface area contributed by atoms with Gasteiger partial charge >= 0.3 is 0 Å². The molecule has 0 radical (unpaired) electrons. The molecule has 0 bridgehead atoms. The number of hydrogen-bond acceptors (Lipinski definition) is 1. The van der Waals surface area contributed by atoms with Gasteiger partial charge in [-0.1, -0.05) is 57.6 Å². The number of thioether (sulfide) groups is 1. The summed E-state index contributed by atoms with van der Waals surface area (Å²) >= 11 is 1.89. The van der Waals surface area contributed by atoms with Gasteiger partial charge in [0.1, 0.15) is 8.07 Å². The fourth-order valence-corrected chi connectivity index (χ4v) is 2.96. The molecular formula is C15H22SSi. The molecule has 92 valence electrons. The average molecular weight is 262 g/mol. The SMILES string of the molecule is CC(C)C(C#C[Si](C)(C)C)Sc1ccccc1. The second-order valence-corrected chi connectivity index (χ2v) is 11.6. The molecule has 0 aromatic heterocycles. The molecule has 2 heteroatoms. The Hall–Kier alpha value is -0.653. The van der Waals surface area contributed by atoms with Crippen molar-refractivity contribution in [2.45, 2.75) is 43.6 Å². The molecule has 0 aliphatic carbocycles. The molecule has 0 aliphatic rings. The maximum absolute atomic E-state index is 3.49. The first-order valence-electron chi connectivity index (χ1n) is 6.13. The van der Waals surface area contributed by atoms with Crippen LogP contribution < -0.4 is 0 Å². The van der Waals surface area contributed by atoms with E-state index < -0.39 is 8.07 Å². The van der Waals surface area contributed by atoms with E-state index in [-0.39, 0.29) is 0 Å². The zero-order valence-corrected chi connectivity index (χ0v) is 13.3. The molecule has 0 nitrogen and oxygen atoms in total. The van der Waals surface area contributed by atoms with E-state index >= 15 is 0 Å². The van der Waals surface area contributed by atoms with E-state index in [2.05, 4.69) is 75.3 Å². The monoisotopic (exact) mass is 262 g/mol. The molecule has 1 atom stereocenters. The normalized spacial score (nSPS) is 13.1. The molecule has 0 saturated heterocycles. The minimum absolute atomic E-state index is 0.407. The number of hydrogen-bond donors (Lipinski definition) is 0. The van der Waals surface area contributed by atoms with Crippen molar-refractivity contribution < 1.29 is 0 Å². The fraction of sp³-hybridized carbons (Fsp3) is 0.467. The summed E-state index contributed by atoms with van der Waals surface area (Å²) in [5.74, 6) is 4.07. The molecule has 0 amide bonds. The lowest BCUT2D eigenvalue weighted by Gasteiger charge is -2.15. The summed E-state index contributed by atoms with van der Waals surface area (Å²) in [6.45, 7) is 11.4. The quantitative estimate of drug-likeness (QED) is 0.433. The molecule has 0 heterocycles. The predicted molar refractivity (Wildman–Crippen MR) is 82.0 cm³/mol. The summed E-state index contributed by atoms with van der Waals surface area (Å²) in [6.07, 6.45) is 0. The van der Waals surface area contributed by atoms with Crippen LogP contribution in [0.2, 0.25) is 19.6 Å². The Labute approximate surface area is 111 Å². The predicted octanol–water partition coefficient (Wildman–Crippen LogP) is 4.68. The topological polar surface area (TPSA) is 0 Å². The van der Waals surface area contributed by atoms with Crippen LogP contribution in [-0.2, 0) is 0 Å². The van der Waals surface area contributed by atoms with Crippen molar-refractivity contribution in [2.24, 2.45) is 5.92 Å². The average Bonchev–Trinajstić information content (AvgIpc) is 2.24. The summed E-state index contributed by atoms with van der Waals surface area (Å²) in [5, 5.41) is 0.407. The lowest BCUT2D eigenvalue weighted by molar-refractivity contribution is 0.690. The molecule has 1 unspecified atom stereocenters. The molecule has 1 aromatic carbocycles. The largest absolute Gasteiger partial charge is 0.131 e. The summed E-state index contributed by atoms with van der Waals surface area (Å²) in [4.78, 5) is 1.32. The third-order valence-corrected chi connectivity index (χ3v) is 4.56. The van der Waals surface area contributed by atoms with E-state index in [9.17, 15) is 0 Å². The summed E-state index contributed by atoms with van der Waals surface area (Å²) < 4.78 is 0. The van der Waals surface area contributed by atoms with Gasteiger partial charge in [-0.2, -0.15) is 0 Å². The molecule has 17 heavy (non-hydrogen) atoms. The van der Waals surface area contributed by atoms with Crippen LogP contribution in [0.1, 0.15) is 13.8 Å². The van der Waals surface area contributed by atoms with Gasteiger partial charge in [0, 0.05) is 4.90 Å². The van der Waals surface area contributed by atoms with Gasteiger partial charge < -0.3 is 0 Å². The Morgan fingerprint density at radius 1 is 1.06 bits per heavy atom. The Morgan fingerprint density at radius 2 is 1.65 bits per heavy atom. The van der Waals surface area contributed by atoms with Crippen molar-refractivity contribution in [2.75, 3.05) is 0 Å². The molecule has 0 spiro atoms. The highest BCUT2D eigenvalue weighted by atomic mass is 32.2. The van der Waals surface area contributed by atoms with Gasteiger partial charge in [-0.3, -0.25) is 0 Å². The van der Waals surface area contributed by atoms with E-state index in [0.29, 0.717) is 11.2 Å². The summed E-state index contributed by atoms with van der Waals surface area (Å²) in [5.41, 5.74) is 3.49. The van der Waals surface area contributed by atoms with Gasteiger partial charge in [0.05, 0.1) is 5.25 Å². The van der Waals surface area contributed by atoms with Crippen LogP contribution in [0.4, 0.5) is 0 Å².